The van der Waals surface area contributed by atoms with Gasteiger partial charge in [0.05, 0.1) is 7.11 Å². The van der Waals surface area contributed by atoms with Crippen LogP contribution in [0.4, 0.5) is 0 Å². The average molecular weight is 327 g/mol. The van der Waals surface area contributed by atoms with E-state index in [4.69, 9.17) is 9.47 Å². The van der Waals surface area contributed by atoms with Gasteiger partial charge in [0.25, 0.3) is 5.91 Å². The molecule has 6 heteroatoms. The molecule has 0 aliphatic rings. The predicted molar refractivity (Wildman–Crippen MR) is 87.1 cm³/mol. The molecule has 1 N–H and O–H groups in total. The highest BCUT2D eigenvalue weighted by Gasteiger charge is 2.12. The molecule has 0 saturated carbocycles. The Labute approximate surface area is 139 Å². The lowest BCUT2D eigenvalue weighted by molar-refractivity contribution is -0.141. The summed E-state index contributed by atoms with van der Waals surface area (Å²) in [5.74, 6) is -0.761. The zero-order valence-electron chi connectivity index (χ0n) is 13.2. The fourth-order valence-electron chi connectivity index (χ4n) is 1.90. The summed E-state index contributed by atoms with van der Waals surface area (Å²) in [6.45, 7) is -0.685. The Morgan fingerprint density at radius 3 is 2.21 bits per heavy atom. The van der Waals surface area contributed by atoms with Crippen LogP contribution in [-0.2, 0) is 9.53 Å². The molecule has 0 fully saturated rings. The molecule has 0 radical (unpaired) electrons. The van der Waals surface area contributed by atoms with Crippen molar-refractivity contribution < 1.29 is 23.9 Å². The van der Waals surface area contributed by atoms with Gasteiger partial charge in [-0.25, -0.2) is 0 Å². The van der Waals surface area contributed by atoms with E-state index in [1.165, 1.54) is 7.11 Å². The van der Waals surface area contributed by atoms with E-state index in [2.05, 4.69) is 5.32 Å². The maximum atomic E-state index is 11.9. The van der Waals surface area contributed by atoms with Crippen molar-refractivity contribution in [1.82, 2.24) is 5.32 Å². The SMILES string of the molecule is COc1ccc(C(=O)COC(=O)CNC(=O)c2ccccc2)cc1. The van der Waals surface area contributed by atoms with E-state index in [0.717, 1.165) is 0 Å². The van der Waals surface area contributed by atoms with Crippen LogP contribution in [0, 0.1) is 0 Å². The molecule has 0 saturated heterocycles. The van der Waals surface area contributed by atoms with Crippen molar-refractivity contribution >= 4 is 17.7 Å². The molecule has 124 valence electrons. The number of hydrogen-bond donors (Lipinski definition) is 1. The zero-order valence-corrected chi connectivity index (χ0v) is 13.2. The van der Waals surface area contributed by atoms with E-state index in [9.17, 15) is 14.4 Å². The second-order valence-electron chi connectivity index (χ2n) is 4.86. The average Bonchev–Trinajstić information content (AvgIpc) is 2.64. The van der Waals surface area contributed by atoms with Gasteiger partial charge in [0.1, 0.15) is 12.3 Å². The van der Waals surface area contributed by atoms with Crippen LogP contribution >= 0.6 is 0 Å². The van der Waals surface area contributed by atoms with Crippen molar-refractivity contribution in [1.29, 1.82) is 0 Å². The van der Waals surface area contributed by atoms with Crippen molar-refractivity contribution in [2.75, 3.05) is 20.3 Å². The van der Waals surface area contributed by atoms with Gasteiger partial charge in [-0.2, -0.15) is 0 Å². The molecule has 1 amide bonds. The van der Waals surface area contributed by atoms with Crippen LogP contribution < -0.4 is 10.1 Å². The van der Waals surface area contributed by atoms with Crippen LogP contribution in [0.2, 0.25) is 0 Å². The maximum Gasteiger partial charge on any atom is 0.325 e. The number of carbonyl (C=O) groups is 3. The van der Waals surface area contributed by atoms with Gasteiger partial charge in [0, 0.05) is 11.1 Å². The highest BCUT2D eigenvalue weighted by atomic mass is 16.5. The highest BCUT2D eigenvalue weighted by Crippen LogP contribution is 2.11. The van der Waals surface area contributed by atoms with Gasteiger partial charge in [-0.15, -0.1) is 0 Å². The van der Waals surface area contributed by atoms with Gasteiger partial charge in [0.2, 0.25) is 0 Å². The standard InChI is InChI=1S/C18H17NO5/c1-23-15-9-7-13(8-10-15)16(20)12-24-17(21)11-19-18(22)14-5-3-2-4-6-14/h2-10H,11-12H2,1H3,(H,19,22). The summed E-state index contributed by atoms with van der Waals surface area (Å²) in [5.41, 5.74) is 0.858. The Kier molecular flexibility index (Phi) is 6.08. The molecule has 6 nitrogen and oxygen atoms in total. The summed E-state index contributed by atoms with van der Waals surface area (Å²) in [7, 11) is 1.53. The first-order valence-corrected chi connectivity index (χ1v) is 7.26. The van der Waals surface area contributed by atoms with Gasteiger partial charge in [0.15, 0.2) is 12.4 Å². The summed E-state index contributed by atoms with van der Waals surface area (Å²) in [6.07, 6.45) is 0. The Morgan fingerprint density at radius 2 is 1.58 bits per heavy atom. The molecular weight excluding hydrogens is 310 g/mol. The number of nitrogens with one attached hydrogen (secondary N) is 1. The lowest BCUT2D eigenvalue weighted by atomic mass is 10.1. The first kappa shape index (κ1) is 17.2. The molecule has 0 aromatic heterocycles. The normalized spacial score (nSPS) is 9.88. The Balaban J connectivity index is 1.76. The second kappa shape index (κ2) is 8.47. The number of rotatable bonds is 7. The van der Waals surface area contributed by atoms with Crippen LogP contribution in [0.25, 0.3) is 0 Å². The van der Waals surface area contributed by atoms with E-state index in [0.29, 0.717) is 16.9 Å². The zero-order chi connectivity index (χ0) is 17.4. The van der Waals surface area contributed by atoms with E-state index in [1.54, 1.807) is 54.6 Å². The second-order valence-corrected chi connectivity index (χ2v) is 4.86. The molecule has 0 unspecified atom stereocenters. The molecular formula is C18H17NO5. The predicted octanol–water partition coefficient (Wildman–Crippen LogP) is 1.85. The minimum atomic E-state index is -0.679. The van der Waals surface area contributed by atoms with Crippen molar-refractivity contribution in [2.45, 2.75) is 0 Å². The minimum absolute atomic E-state index is 0.302. The van der Waals surface area contributed by atoms with Gasteiger partial charge in [-0.3, -0.25) is 14.4 Å². The Morgan fingerprint density at radius 1 is 0.917 bits per heavy atom. The van der Waals surface area contributed by atoms with Crippen molar-refractivity contribution in [3.05, 3.63) is 65.7 Å². The number of ketones is 1. The van der Waals surface area contributed by atoms with Crippen LogP contribution in [0.5, 0.6) is 5.75 Å². The van der Waals surface area contributed by atoms with Gasteiger partial charge in [-0.05, 0) is 36.4 Å². The molecule has 0 bridgehead atoms. The summed E-state index contributed by atoms with van der Waals surface area (Å²) >= 11 is 0. The highest BCUT2D eigenvalue weighted by molar-refractivity contribution is 5.98. The third-order valence-corrected chi connectivity index (χ3v) is 3.21. The first-order chi connectivity index (χ1) is 11.6. The van der Waals surface area contributed by atoms with E-state index in [-0.39, 0.29) is 24.8 Å². The number of methoxy groups -OCH3 is 1. The maximum absolute atomic E-state index is 11.9. The van der Waals surface area contributed by atoms with E-state index >= 15 is 0 Å². The molecule has 2 rings (SSSR count). The lowest BCUT2D eigenvalue weighted by Crippen LogP contribution is -2.31. The van der Waals surface area contributed by atoms with Crippen LogP contribution in [0.1, 0.15) is 20.7 Å². The number of esters is 1. The summed E-state index contributed by atoms with van der Waals surface area (Å²) in [6, 6.07) is 15.0. The third kappa shape index (κ3) is 4.95. The fourth-order valence-corrected chi connectivity index (χ4v) is 1.90. The monoisotopic (exact) mass is 327 g/mol. The molecule has 0 aliphatic heterocycles. The van der Waals surface area contributed by atoms with Gasteiger partial charge < -0.3 is 14.8 Å². The van der Waals surface area contributed by atoms with Crippen LogP contribution in [0.15, 0.2) is 54.6 Å². The van der Waals surface area contributed by atoms with E-state index < -0.39 is 5.97 Å². The van der Waals surface area contributed by atoms with Crippen molar-refractivity contribution in [3.63, 3.8) is 0 Å². The molecule has 0 spiro atoms. The third-order valence-electron chi connectivity index (χ3n) is 3.21. The van der Waals surface area contributed by atoms with Crippen LogP contribution in [0.3, 0.4) is 0 Å². The smallest absolute Gasteiger partial charge is 0.325 e. The van der Waals surface area contributed by atoms with E-state index in [1.807, 2.05) is 0 Å². The number of hydrogen-bond acceptors (Lipinski definition) is 5. The molecule has 24 heavy (non-hydrogen) atoms. The van der Waals surface area contributed by atoms with Crippen molar-refractivity contribution in [2.24, 2.45) is 0 Å². The molecule has 0 atom stereocenters. The van der Waals surface area contributed by atoms with Crippen LogP contribution in [-0.4, -0.2) is 37.9 Å². The first-order valence-electron chi connectivity index (χ1n) is 7.26. The number of carbonyl (C=O) groups excluding carboxylic acids is 3. The number of ether oxygens (including phenoxy) is 2. The summed E-state index contributed by atoms with van der Waals surface area (Å²) in [5, 5.41) is 2.44. The Bertz CT molecular complexity index is 710. The summed E-state index contributed by atoms with van der Waals surface area (Å²) in [4.78, 5) is 35.3. The quantitative estimate of drug-likeness (QED) is 0.620. The molecule has 0 heterocycles. The van der Waals surface area contributed by atoms with Gasteiger partial charge >= 0.3 is 5.97 Å². The number of amides is 1. The fraction of sp³-hybridized carbons (Fsp3) is 0.167. The van der Waals surface area contributed by atoms with Crippen molar-refractivity contribution in [3.8, 4) is 5.75 Å². The molecule has 2 aromatic rings. The topological polar surface area (TPSA) is 81.7 Å². The largest absolute Gasteiger partial charge is 0.497 e. The minimum Gasteiger partial charge on any atom is -0.497 e. The lowest BCUT2D eigenvalue weighted by Gasteiger charge is -2.07. The Hall–Kier alpha value is -3.15. The summed E-state index contributed by atoms with van der Waals surface area (Å²) < 4.78 is 9.87. The number of benzene rings is 2. The molecule has 0 aliphatic carbocycles. The van der Waals surface area contributed by atoms with Gasteiger partial charge in [-0.1, -0.05) is 18.2 Å². The molecule has 2 aromatic carbocycles. The number of Topliss-reactive ketones (excluding diaryl/α,β-unsaturated/α-hetero) is 1.